The summed E-state index contributed by atoms with van der Waals surface area (Å²) in [5.74, 6) is 2.70. The Labute approximate surface area is 196 Å². The molecule has 6 heteroatoms. The van der Waals surface area contributed by atoms with Gasteiger partial charge in [-0.15, -0.1) is 0 Å². The number of benzene rings is 1. The first-order chi connectivity index (χ1) is 16.1. The Morgan fingerprint density at radius 1 is 1.03 bits per heavy atom. The second kappa shape index (κ2) is 9.62. The number of rotatable bonds is 5. The zero-order valence-corrected chi connectivity index (χ0v) is 19.6. The van der Waals surface area contributed by atoms with E-state index in [4.69, 9.17) is 9.97 Å². The van der Waals surface area contributed by atoms with E-state index in [0.717, 1.165) is 54.4 Å². The van der Waals surface area contributed by atoms with Gasteiger partial charge in [-0.1, -0.05) is 49.6 Å². The fourth-order valence-corrected chi connectivity index (χ4v) is 5.68. The highest BCUT2D eigenvalue weighted by Crippen LogP contribution is 2.34. The Morgan fingerprint density at radius 3 is 2.61 bits per heavy atom. The van der Waals surface area contributed by atoms with Crippen molar-refractivity contribution in [2.24, 2.45) is 5.92 Å². The minimum Gasteiger partial charge on any atom is -0.342 e. The van der Waals surface area contributed by atoms with E-state index in [2.05, 4.69) is 0 Å². The lowest BCUT2D eigenvalue weighted by molar-refractivity contribution is -0.129. The first-order valence-corrected chi connectivity index (χ1v) is 12.6. The topological polar surface area (TPSA) is 66.4 Å². The summed E-state index contributed by atoms with van der Waals surface area (Å²) in [5, 5.41) is 0. The third-order valence-corrected chi connectivity index (χ3v) is 7.62. The standard InChI is InChI=1S/C27H34N4O2/c1-19-23-12-13-24(32)31(17-21-10-6-3-7-11-21)27(23)29-26(28-19)22-14-15-30(18-22)25(33)16-20-8-4-2-5-9-20/h2,4-5,8-9,21-22H,3,6-7,10-18H2,1H3/t22-/m1/s1. The average molecular weight is 447 g/mol. The maximum Gasteiger partial charge on any atom is 0.228 e. The van der Waals surface area contributed by atoms with Gasteiger partial charge in [-0.05, 0) is 44.1 Å². The Bertz CT molecular complexity index is 1020. The van der Waals surface area contributed by atoms with Gasteiger partial charge in [0, 0.05) is 43.2 Å². The van der Waals surface area contributed by atoms with Gasteiger partial charge in [0.2, 0.25) is 11.8 Å². The fraction of sp³-hybridized carbons (Fsp3) is 0.556. The molecule has 6 nitrogen and oxygen atoms in total. The largest absolute Gasteiger partial charge is 0.342 e. The van der Waals surface area contributed by atoms with Crippen LogP contribution in [0, 0.1) is 12.8 Å². The maximum absolute atomic E-state index is 12.9. The Kier molecular flexibility index (Phi) is 6.43. The zero-order valence-electron chi connectivity index (χ0n) is 19.6. The van der Waals surface area contributed by atoms with E-state index in [9.17, 15) is 9.59 Å². The molecule has 1 saturated heterocycles. The van der Waals surface area contributed by atoms with Crippen molar-refractivity contribution in [2.45, 2.75) is 70.6 Å². The molecule has 174 valence electrons. The SMILES string of the molecule is Cc1nc([C@@H]2CCN(C(=O)Cc3ccccc3)C2)nc2c1CCC(=O)N2CC1CCCCC1. The van der Waals surface area contributed by atoms with Crippen molar-refractivity contribution in [3.05, 3.63) is 53.0 Å². The quantitative estimate of drug-likeness (QED) is 0.690. The first-order valence-electron chi connectivity index (χ1n) is 12.6. The van der Waals surface area contributed by atoms with Gasteiger partial charge in [-0.25, -0.2) is 9.97 Å². The number of hydrogen-bond donors (Lipinski definition) is 0. The summed E-state index contributed by atoms with van der Waals surface area (Å²) in [4.78, 5) is 39.5. The summed E-state index contributed by atoms with van der Waals surface area (Å²) >= 11 is 0. The highest BCUT2D eigenvalue weighted by Gasteiger charge is 2.34. The number of amides is 2. The van der Waals surface area contributed by atoms with E-state index in [0.29, 0.717) is 25.3 Å². The van der Waals surface area contributed by atoms with Crippen molar-refractivity contribution < 1.29 is 9.59 Å². The molecule has 2 fully saturated rings. The van der Waals surface area contributed by atoms with E-state index in [1.165, 1.54) is 32.1 Å². The molecule has 1 atom stereocenters. The Morgan fingerprint density at radius 2 is 1.82 bits per heavy atom. The lowest BCUT2D eigenvalue weighted by Crippen LogP contribution is -2.40. The molecular weight excluding hydrogens is 412 g/mol. The molecule has 2 amide bonds. The van der Waals surface area contributed by atoms with Crippen LogP contribution < -0.4 is 4.90 Å². The van der Waals surface area contributed by atoms with Crippen molar-refractivity contribution in [2.75, 3.05) is 24.5 Å². The van der Waals surface area contributed by atoms with Crippen molar-refractivity contribution >= 4 is 17.6 Å². The second-order valence-corrected chi connectivity index (χ2v) is 9.97. The van der Waals surface area contributed by atoms with Crippen LogP contribution in [-0.2, 0) is 22.4 Å². The van der Waals surface area contributed by atoms with Gasteiger partial charge in [0.25, 0.3) is 0 Å². The number of aromatic nitrogens is 2. The minimum absolute atomic E-state index is 0.127. The number of fused-ring (bicyclic) bond motifs is 1. The number of likely N-dealkylation sites (tertiary alicyclic amines) is 1. The lowest BCUT2D eigenvalue weighted by atomic mass is 9.88. The summed E-state index contributed by atoms with van der Waals surface area (Å²) in [7, 11) is 0. The molecule has 33 heavy (non-hydrogen) atoms. The van der Waals surface area contributed by atoms with E-state index >= 15 is 0 Å². The summed E-state index contributed by atoms with van der Waals surface area (Å²) < 4.78 is 0. The second-order valence-electron chi connectivity index (χ2n) is 9.97. The molecule has 1 saturated carbocycles. The molecule has 1 aliphatic carbocycles. The highest BCUT2D eigenvalue weighted by molar-refractivity contribution is 5.95. The van der Waals surface area contributed by atoms with E-state index in [1.807, 2.05) is 47.1 Å². The molecule has 1 aromatic heterocycles. The van der Waals surface area contributed by atoms with Crippen LogP contribution in [-0.4, -0.2) is 46.3 Å². The monoisotopic (exact) mass is 446 g/mol. The van der Waals surface area contributed by atoms with Gasteiger partial charge >= 0.3 is 0 Å². The summed E-state index contributed by atoms with van der Waals surface area (Å²) in [6.45, 7) is 4.22. The maximum atomic E-state index is 12.9. The number of carbonyl (C=O) groups is 2. The molecule has 3 aliphatic rings. The molecule has 0 N–H and O–H groups in total. The van der Waals surface area contributed by atoms with Gasteiger partial charge in [-0.3, -0.25) is 14.5 Å². The Hall–Kier alpha value is -2.76. The van der Waals surface area contributed by atoms with Crippen LogP contribution >= 0.6 is 0 Å². The third-order valence-electron chi connectivity index (χ3n) is 7.62. The molecule has 0 radical (unpaired) electrons. The lowest BCUT2D eigenvalue weighted by Gasteiger charge is -2.33. The van der Waals surface area contributed by atoms with E-state index < -0.39 is 0 Å². The van der Waals surface area contributed by atoms with E-state index in [-0.39, 0.29) is 17.7 Å². The molecule has 0 spiro atoms. The van der Waals surface area contributed by atoms with Crippen molar-refractivity contribution in [3.8, 4) is 0 Å². The van der Waals surface area contributed by atoms with Crippen molar-refractivity contribution in [1.82, 2.24) is 14.9 Å². The molecule has 5 rings (SSSR count). The van der Waals surface area contributed by atoms with Crippen LogP contribution in [0.3, 0.4) is 0 Å². The van der Waals surface area contributed by atoms with Crippen LogP contribution in [0.5, 0.6) is 0 Å². The Balaban J connectivity index is 1.33. The van der Waals surface area contributed by atoms with Crippen LogP contribution in [0.1, 0.15) is 73.5 Å². The smallest absolute Gasteiger partial charge is 0.228 e. The number of anilines is 1. The highest BCUT2D eigenvalue weighted by atomic mass is 16.2. The van der Waals surface area contributed by atoms with Crippen molar-refractivity contribution in [1.29, 1.82) is 0 Å². The minimum atomic E-state index is 0.127. The number of hydrogen-bond acceptors (Lipinski definition) is 4. The first kappa shape index (κ1) is 22.1. The molecule has 3 heterocycles. The van der Waals surface area contributed by atoms with Gasteiger partial charge in [0.1, 0.15) is 11.6 Å². The van der Waals surface area contributed by atoms with Crippen LogP contribution in [0.2, 0.25) is 0 Å². The van der Waals surface area contributed by atoms with Gasteiger partial charge in [0.05, 0.1) is 6.42 Å². The molecule has 0 unspecified atom stereocenters. The van der Waals surface area contributed by atoms with Crippen LogP contribution in [0.4, 0.5) is 5.82 Å². The number of aryl methyl sites for hydroxylation is 1. The summed E-state index contributed by atoms with van der Waals surface area (Å²) in [5.41, 5.74) is 3.16. The average Bonchev–Trinajstić information content (AvgIpc) is 3.33. The van der Waals surface area contributed by atoms with Crippen LogP contribution in [0.15, 0.2) is 30.3 Å². The number of nitrogens with zero attached hydrogens (tertiary/aromatic N) is 4. The summed E-state index contributed by atoms with van der Waals surface area (Å²) in [6.07, 6.45) is 8.84. The molecular formula is C27H34N4O2. The molecule has 2 aromatic rings. The summed E-state index contributed by atoms with van der Waals surface area (Å²) in [6, 6.07) is 9.91. The normalized spacial score (nSPS) is 21.4. The number of carbonyl (C=O) groups excluding carboxylic acids is 2. The van der Waals surface area contributed by atoms with Gasteiger partial charge < -0.3 is 4.90 Å². The zero-order chi connectivity index (χ0) is 22.8. The van der Waals surface area contributed by atoms with Crippen LogP contribution in [0.25, 0.3) is 0 Å². The van der Waals surface area contributed by atoms with Gasteiger partial charge in [-0.2, -0.15) is 0 Å². The van der Waals surface area contributed by atoms with E-state index in [1.54, 1.807) is 0 Å². The molecule has 1 aromatic carbocycles. The fourth-order valence-electron chi connectivity index (χ4n) is 5.68. The van der Waals surface area contributed by atoms with Crippen molar-refractivity contribution in [3.63, 3.8) is 0 Å². The molecule has 2 aliphatic heterocycles. The predicted octanol–water partition coefficient (Wildman–Crippen LogP) is 4.20. The molecule has 0 bridgehead atoms. The van der Waals surface area contributed by atoms with Gasteiger partial charge in [0.15, 0.2) is 0 Å². The third kappa shape index (κ3) is 4.80. The predicted molar refractivity (Wildman–Crippen MR) is 128 cm³/mol.